The lowest BCUT2D eigenvalue weighted by molar-refractivity contribution is 0.590. The summed E-state index contributed by atoms with van der Waals surface area (Å²) in [5, 5.41) is 8.30. The predicted molar refractivity (Wildman–Crippen MR) is 325 cm³/mol. The summed E-state index contributed by atoms with van der Waals surface area (Å²) in [5.74, 6) is 0. The van der Waals surface area contributed by atoms with Crippen molar-refractivity contribution in [3.05, 3.63) is 209 Å². The van der Waals surface area contributed by atoms with Crippen molar-refractivity contribution in [2.75, 3.05) is 0 Å². The minimum Gasteiger partial charge on any atom is -0.0873 e. The molecule has 0 atom stereocenters. The zero-order valence-corrected chi connectivity index (χ0v) is 47.4. The average Bonchev–Trinajstić information content (AvgIpc) is 3.86. The predicted octanol–water partition coefficient (Wildman–Crippen LogP) is 19.4. The number of benzene rings is 9. The molecule has 0 N–H and O–H groups in total. The molecule has 0 radical (unpaired) electrons. The molecular weight excluding hydrogens is 905 g/mol. The van der Waals surface area contributed by atoms with E-state index < -0.39 is 8.07 Å². The molecule has 0 saturated carbocycles. The van der Waals surface area contributed by atoms with Gasteiger partial charge in [0.05, 0.1) is 0 Å². The topological polar surface area (TPSA) is 0 Å². The van der Waals surface area contributed by atoms with Crippen molar-refractivity contribution >= 4 is 45.6 Å². The highest BCUT2D eigenvalue weighted by Crippen LogP contribution is 2.52. The highest BCUT2D eigenvalue weighted by atomic mass is 28.3. The van der Waals surface area contributed by atoms with Crippen LogP contribution in [0.3, 0.4) is 0 Å². The maximum atomic E-state index is 2.66. The van der Waals surface area contributed by atoms with Crippen LogP contribution in [0.25, 0.3) is 93.9 Å². The van der Waals surface area contributed by atoms with E-state index in [1.54, 1.807) is 0 Å². The molecule has 0 spiro atoms. The van der Waals surface area contributed by atoms with E-state index in [9.17, 15) is 0 Å². The molecule has 1 heterocycles. The van der Waals surface area contributed by atoms with Crippen molar-refractivity contribution in [2.45, 2.75) is 124 Å². The summed E-state index contributed by atoms with van der Waals surface area (Å²) in [6.07, 6.45) is 5.59. The first-order valence-corrected chi connectivity index (χ1v) is 30.3. The lowest BCUT2D eigenvalue weighted by Gasteiger charge is -2.24. The molecule has 0 aromatic heterocycles. The summed E-state index contributed by atoms with van der Waals surface area (Å²) in [6.45, 7) is 33.1. The van der Waals surface area contributed by atoms with Crippen LogP contribution in [0.15, 0.2) is 175 Å². The Bertz CT molecular complexity index is 3880. The fourth-order valence-electron chi connectivity index (χ4n) is 13.6. The molecule has 0 saturated heterocycles. The van der Waals surface area contributed by atoms with Crippen LogP contribution in [0.4, 0.5) is 0 Å². The van der Waals surface area contributed by atoms with Gasteiger partial charge in [0.15, 0.2) is 0 Å². The van der Waals surface area contributed by atoms with Gasteiger partial charge in [-0.3, -0.25) is 0 Å². The van der Waals surface area contributed by atoms with Crippen molar-refractivity contribution in [3.63, 3.8) is 0 Å². The Kier molecular flexibility index (Phi) is 10.8. The van der Waals surface area contributed by atoms with Gasteiger partial charge in [-0.15, -0.1) is 0 Å². The SMILES string of the molecule is CC=CC1=C(CC)c2ccc(-c3ccc4c(c3)[Si](C)(C)c3cc5c(-c6ccc(C(C)(C)C)cc6)c6cc(-c7ccc8c(c7)C(C)(C)c7ccccc7-8)ccc6c(-c6ccc(C(C)(C)C)cc6)c5cc3-4)cc2C1(C)C. The maximum Gasteiger partial charge on any atom is 0.113 e. The number of hydrogen-bond donors (Lipinski definition) is 0. The van der Waals surface area contributed by atoms with Gasteiger partial charge in [-0.2, -0.15) is 0 Å². The van der Waals surface area contributed by atoms with Crippen molar-refractivity contribution in [1.82, 2.24) is 0 Å². The zero-order valence-electron chi connectivity index (χ0n) is 46.4. The molecule has 74 heavy (non-hydrogen) atoms. The fourth-order valence-corrected chi connectivity index (χ4v) is 16.7. The van der Waals surface area contributed by atoms with Gasteiger partial charge in [0.25, 0.3) is 0 Å². The second kappa shape index (κ2) is 16.6. The van der Waals surface area contributed by atoms with E-state index in [-0.39, 0.29) is 21.7 Å². The summed E-state index contributed by atoms with van der Waals surface area (Å²) >= 11 is 0. The molecule has 0 bridgehead atoms. The fraction of sp³-hybridized carbons (Fsp3) is 0.260. The minimum atomic E-state index is -2.23. The molecule has 1 heteroatoms. The van der Waals surface area contributed by atoms with Crippen LogP contribution in [0.1, 0.15) is 123 Å². The molecule has 368 valence electrons. The first kappa shape index (κ1) is 48.2. The molecule has 0 nitrogen and oxygen atoms in total. The Hall–Kier alpha value is -6.80. The molecular formula is C73H72Si. The van der Waals surface area contributed by atoms with Crippen LogP contribution < -0.4 is 10.4 Å². The van der Waals surface area contributed by atoms with Gasteiger partial charge < -0.3 is 0 Å². The third kappa shape index (κ3) is 7.20. The molecule has 0 amide bonds. The summed E-state index contributed by atoms with van der Waals surface area (Å²) in [7, 11) is -2.23. The largest absolute Gasteiger partial charge is 0.113 e. The quantitative estimate of drug-likeness (QED) is 0.115. The summed E-state index contributed by atoms with van der Waals surface area (Å²) in [5.41, 5.74) is 27.1. The van der Waals surface area contributed by atoms with E-state index >= 15 is 0 Å². The Morgan fingerprint density at radius 3 is 1.47 bits per heavy atom. The number of hydrogen-bond acceptors (Lipinski definition) is 0. The summed E-state index contributed by atoms with van der Waals surface area (Å²) < 4.78 is 0. The highest BCUT2D eigenvalue weighted by Gasteiger charge is 2.40. The van der Waals surface area contributed by atoms with Crippen molar-refractivity contribution in [3.8, 4) is 66.8 Å². The van der Waals surface area contributed by atoms with Crippen LogP contribution in [0.2, 0.25) is 13.1 Å². The van der Waals surface area contributed by atoms with Gasteiger partial charge in [-0.1, -0.05) is 235 Å². The second-order valence-electron chi connectivity index (χ2n) is 25.6. The van der Waals surface area contributed by atoms with E-state index in [0.29, 0.717) is 0 Å². The number of rotatable bonds is 6. The normalized spacial score (nSPS) is 16.0. The lowest BCUT2D eigenvalue weighted by atomic mass is 9.80. The average molecular weight is 977 g/mol. The number of allylic oxidation sites excluding steroid dienone is 4. The lowest BCUT2D eigenvalue weighted by Crippen LogP contribution is -2.49. The smallest absolute Gasteiger partial charge is 0.0873 e. The molecule has 9 aromatic rings. The molecule has 2 aliphatic carbocycles. The summed E-state index contributed by atoms with van der Waals surface area (Å²) in [6, 6.07) is 62.7. The van der Waals surface area contributed by atoms with Crippen LogP contribution in [-0.2, 0) is 21.7 Å². The van der Waals surface area contributed by atoms with E-state index in [1.165, 1.54) is 143 Å². The second-order valence-corrected chi connectivity index (χ2v) is 29.9. The molecule has 1 aliphatic heterocycles. The van der Waals surface area contributed by atoms with E-state index in [4.69, 9.17) is 0 Å². The van der Waals surface area contributed by atoms with Gasteiger partial charge in [-0.05, 0) is 192 Å². The van der Waals surface area contributed by atoms with Gasteiger partial charge in [-0.25, -0.2) is 0 Å². The van der Waals surface area contributed by atoms with Crippen molar-refractivity contribution < 1.29 is 0 Å². The third-order valence-electron chi connectivity index (χ3n) is 17.9. The van der Waals surface area contributed by atoms with Crippen molar-refractivity contribution in [1.29, 1.82) is 0 Å². The van der Waals surface area contributed by atoms with Gasteiger partial charge >= 0.3 is 0 Å². The molecule has 12 rings (SSSR count). The van der Waals surface area contributed by atoms with E-state index in [2.05, 4.69) is 266 Å². The van der Waals surface area contributed by atoms with Gasteiger partial charge in [0.1, 0.15) is 8.07 Å². The minimum absolute atomic E-state index is 0.0433. The molecule has 3 aliphatic rings. The summed E-state index contributed by atoms with van der Waals surface area (Å²) in [4.78, 5) is 0. The Morgan fingerprint density at radius 1 is 0.419 bits per heavy atom. The monoisotopic (exact) mass is 977 g/mol. The van der Waals surface area contributed by atoms with E-state index in [1.807, 2.05) is 0 Å². The highest BCUT2D eigenvalue weighted by molar-refractivity contribution is 7.04. The van der Waals surface area contributed by atoms with Crippen molar-refractivity contribution in [2.24, 2.45) is 0 Å². The van der Waals surface area contributed by atoms with Crippen LogP contribution >= 0.6 is 0 Å². The van der Waals surface area contributed by atoms with Crippen LogP contribution in [0.5, 0.6) is 0 Å². The van der Waals surface area contributed by atoms with Gasteiger partial charge in [0, 0.05) is 10.8 Å². The van der Waals surface area contributed by atoms with Crippen LogP contribution in [-0.4, -0.2) is 8.07 Å². The maximum absolute atomic E-state index is 2.66. The first-order chi connectivity index (χ1) is 35.1. The Balaban J connectivity index is 1.10. The van der Waals surface area contributed by atoms with Gasteiger partial charge in [0.2, 0.25) is 0 Å². The van der Waals surface area contributed by atoms with Crippen LogP contribution in [0, 0.1) is 0 Å². The number of fused-ring (bicyclic) bond motifs is 9. The van der Waals surface area contributed by atoms with E-state index in [0.717, 1.165) is 6.42 Å². The zero-order chi connectivity index (χ0) is 52.0. The molecule has 9 aromatic carbocycles. The Labute approximate surface area is 443 Å². The standard InChI is InChI=1S/C73H72Si/c1-15-19-62-52(16-2)54-34-26-48(40-64(54)72(62,9)10)49-28-36-56-58-42-60-61(43-67(58)74(13,14)66(56)41-49)69(45-24-32-51(33-25-45)71(6,7)8)59-38-46(29-37-57(59)68(60)44-22-30-50(31-23-44)70(3,4)5)47-27-35-55-53-20-17-18-21-63(53)73(11,12)65(55)39-47/h15,17-43H,16H2,1-14H3. The molecule has 0 unspecified atom stereocenters. The third-order valence-corrected chi connectivity index (χ3v) is 21.5. The molecule has 0 fully saturated rings. The first-order valence-electron chi connectivity index (χ1n) is 27.3. The Morgan fingerprint density at radius 2 is 0.878 bits per heavy atom.